The zero-order chi connectivity index (χ0) is 25.6. The molecule has 4 aromatic rings. The maximum Gasteiger partial charge on any atom is 0.229 e. The van der Waals surface area contributed by atoms with Crippen LogP contribution in [-0.4, -0.2) is 59.0 Å². The van der Waals surface area contributed by atoms with Crippen molar-refractivity contribution in [1.29, 1.82) is 0 Å². The molecule has 0 bridgehead atoms. The predicted octanol–water partition coefficient (Wildman–Crippen LogP) is 4.07. The van der Waals surface area contributed by atoms with Gasteiger partial charge in [0.05, 0.1) is 5.39 Å². The molecule has 1 saturated heterocycles. The highest BCUT2D eigenvalue weighted by atomic mass is 16.1. The summed E-state index contributed by atoms with van der Waals surface area (Å²) in [5.74, 6) is 3.30. The summed E-state index contributed by atoms with van der Waals surface area (Å²) in [7, 11) is 2.15. The third kappa shape index (κ3) is 6.02. The Morgan fingerprint density at radius 3 is 2.51 bits per heavy atom. The van der Waals surface area contributed by atoms with E-state index >= 15 is 0 Å². The first-order valence-electron chi connectivity index (χ1n) is 12.4. The van der Waals surface area contributed by atoms with Gasteiger partial charge in [0.25, 0.3) is 0 Å². The fourth-order valence-corrected chi connectivity index (χ4v) is 4.31. The number of likely N-dealkylation sites (N-methyl/N-ethyl adjacent to an activating group) is 1. The topological polar surface area (TPSA) is 86.3 Å². The Kier molecular flexibility index (Phi) is 7.24. The second kappa shape index (κ2) is 11.1. The number of aromatic nitrogens is 3. The first-order chi connectivity index (χ1) is 18.1. The van der Waals surface area contributed by atoms with Gasteiger partial charge in [-0.15, -0.1) is 6.42 Å². The molecule has 1 fully saturated rings. The molecule has 5 rings (SSSR count). The second-order valence-electron chi connectivity index (χ2n) is 9.13. The van der Waals surface area contributed by atoms with E-state index in [4.69, 9.17) is 6.42 Å². The number of hydrogen-bond acceptors (Lipinski definition) is 7. The molecule has 2 aromatic carbocycles. The number of carbonyl (C=O) groups excluding carboxylic acids is 1. The van der Waals surface area contributed by atoms with E-state index in [1.807, 2.05) is 42.5 Å². The number of piperazine rings is 1. The van der Waals surface area contributed by atoms with E-state index < -0.39 is 0 Å². The zero-order valence-electron chi connectivity index (χ0n) is 20.8. The highest BCUT2D eigenvalue weighted by Crippen LogP contribution is 2.23. The molecule has 1 aliphatic rings. The van der Waals surface area contributed by atoms with E-state index in [0.717, 1.165) is 37.4 Å². The van der Waals surface area contributed by atoms with Crippen LogP contribution >= 0.6 is 0 Å². The van der Waals surface area contributed by atoms with Crippen LogP contribution in [0.1, 0.15) is 17.5 Å². The van der Waals surface area contributed by atoms with Crippen LogP contribution in [0.25, 0.3) is 11.0 Å². The molecular formula is C29H29N7O. The molecule has 1 amide bonds. The van der Waals surface area contributed by atoms with Gasteiger partial charge in [0.1, 0.15) is 5.82 Å². The minimum absolute atomic E-state index is 0.133. The Balaban J connectivity index is 1.28. The number of rotatable bonds is 7. The Morgan fingerprint density at radius 1 is 1.03 bits per heavy atom. The second-order valence-corrected chi connectivity index (χ2v) is 9.13. The van der Waals surface area contributed by atoms with Gasteiger partial charge in [0.15, 0.2) is 5.65 Å². The average molecular weight is 492 g/mol. The molecule has 0 unspecified atom stereocenters. The molecule has 0 atom stereocenters. The first kappa shape index (κ1) is 24.2. The van der Waals surface area contributed by atoms with Gasteiger partial charge in [-0.05, 0) is 49.4 Å². The summed E-state index contributed by atoms with van der Waals surface area (Å²) < 4.78 is 0. The van der Waals surface area contributed by atoms with Gasteiger partial charge < -0.3 is 20.4 Å². The van der Waals surface area contributed by atoms with E-state index in [-0.39, 0.29) is 5.91 Å². The number of nitrogens with one attached hydrogen (secondary N) is 2. The van der Waals surface area contributed by atoms with Crippen molar-refractivity contribution in [3.63, 3.8) is 0 Å². The summed E-state index contributed by atoms with van der Waals surface area (Å²) in [6.07, 6.45) is 8.37. The van der Waals surface area contributed by atoms with Crippen molar-refractivity contribution < 1.29 is 4.79 Å². The molecule has 2 aromatic heterocycles. The first-order valence-corrected chi connectivity index (χ1v) is 12.4. The highest BCUT2D eigenvalue weighted by molar-refractivity contribution is 5.92. The van der Waals surface area contributed by atoms with Crippen molar-refractivity contribution in [1.82, 2.24) is 19.9 Å². The van der Waals surface area contributed by atoms with E-state index in [9.17, 15) is 4.79 Å². The van der Waals surface area contributed by atoms with Gasteiger partial charge in [-0.1, -0.05) is 36.3 Å². The third-order valence-electron chi connectivity index (χ3n) is 6.46. The summed E-state index contributed by atoms with van der Waals surface area (Å²) >= 11 is 0. The summed E-state index contributed by atoms with van der Waals surface area (Å²) in [5.41, 5.74) is 4.17. The monoisotopic (exact) mass is 491 g/mol. The number of carbonyl (C=O) groups is 1. The van der Waals surface area contributed by atoms with E-state index in [1.54, 1.807) is 12.3 Å². The third-order valence-corrected chi connectivity index (χ3v) is 6.46. The number of fused-ring (bicyclic) bond motifs is 1. The molecule has 8 nitrogen and oxygen atoms in total. The zero-order valence-corrected chi connectivity index (χ0v) is 20.8. The minimum atomic E-state index is -0.133. The van der Waals surface area contributed by atoms with Gasteiger partial charge >= 0.3 is 0 Å². The van der Waals surface area contributed by atoms with Crippen molar-refractivity contribution in [3.8, 4) is 12.3 Å². The van der Waals surface area contributed by atoms with Crippen LogP contribution in [0, 0.1) is 12.3 Å². The maximum absolute atomic E-state index is 12.5. The normalized spacial score (nSPS) is 13.8. The number of aryl methyl sites for hydroxylation is 1. The Bertz CT molecular complexity index is 1420. The van der Waals surface area contributed by atoms with Crippen LogP contribution in [0.5, 0.6) is 0 Å². The Labute approximate surface area is 216 Å². The fraction of sp³-hybridized carbons (Fsp3) is 0.241. The van der Waals surface area contributed by atoms with Crippen LogP contribution in [0.15, 0.2) is 66.9 Å². The molecule has 37 heavy (non-hydrogen) atoms. The number of terminal acetylenes is 1. The molecule has 0 spiro atoms. The fourth-order valence-electron chi connectivity index (χ4n) is 4.31. The molecule has 1 aliphatic heterocycles. The summed E-state index contributed by atoms with van der Waals surface area (Å²) in [6.45, 7) is 4.16. The van der Waals surface area contributed by atoms with Gasteiger partial charge in [-0.25, -0.2) is 9.97 Å². The average Bonchev–Trinajstić information content (AvgIpc) is 2.93. The molecular weight excluding hydrogens is 462 g/mol. The van der Waals surface area contributed by atoms with Gasteiger partial charge in [-0.3, -0.25) is 4.79 Å². The minimum Gasteiger partial charge on any atom is -0.369 e. The number of hydrogen-bond donors (Lipinski definition) is 2. The van der Waals surface area contributed by atoms with Crippen LogP contribution in [0.3, 0.4) is 0 Å². The van der Waals surface area contributed by atoms with Crippen molar-refractivity contribution in [2.75, 3.05) is 48.8 Å². The van der Waals surface area contributed by atoms with E-state index in [2.05, 4.69) is 60.5 Å². The SMILES string of the molecule is C#Cc1cc(NC(=O)CCc2ccccc2)nc2nc(Nc3ccc(N4CCN(C)CC4)cc3)ncc12. The van der Waals surface area contributed by atoms with Gasteiger partial charge in [-0.2, -0.15) is 4.98 Å². The lowest BCUT2D eigenvalue weighted by Gasteiger charge is -2.34. The number of amides is 1. The molecule has 186 valence electrons. The molecule has 2 N–H and O–H groups in total. The van der Waals surface area contributed by atoms with Crippen LogP contribution in [-0.2, 0) is 11.2 Å². The smallest absolute Gasteiger partial charge is 0.229 e. The quantitative estimate of drug-likeness (QED) is 0.377. The van der Waals surface area contributed by atoms with Crippen molar-refractivity contribution in [2.45, 2.75) is 12.8 Å². The van der Waals surface area contributed by atoms with Crippen molar-refractivity contribution >= 4 is 40.1 Å². The summed E-state index contributed by atoms with van der Waals surface area (Å²) in [6, 6.07) is 19.8. The Morgan fingerprint density at radius 2 is 1.78 bits per heavy atom. The lowest BCUT2D eigenvalue weighted by atomic mass is 10.1. The number of anilines is 4. The Hall–Kier alpha value is -4.48. The summed E-state index contributed by atoms with van der Waals surface area (Å²) in [4.78, 5) is 30.8. The lowest BCUT2D eigenvalue weighted by molar-refractivity contribution is -0.116. The highest BCUT2D eigenvalue weighted by Gasteiger charge is 2.14. The number of nitrogens with zero attached hydrogens (tertiary/aromatic N) is 5. The van der Waals surface area contributed by atoms with Crippen LogP contribution in [0.2, 0.25) is 0 Å². The van der Waals surface area contributed by atoms with Crippen LogP contribution < -0.4 is 15.5 Å². The standard InChI is InChI=1S/C29H29N7O/c1-3-22-19-26(32-27(37)14-9-21-7-5-4-6-8-21)33-28-25(22)20-30-29(34-28)31-23-10-12-24(13-11-23)36-17-15-35(2)16-18-36/h1,4-8,10-13,19-20H,9,14-18H2,2H3,(H2,30,31,32,33,34,37). The van der Waals surface area contributed by atoms with E-state index in [1.165, 1.54) is 5.69 Å². The van der Waals surface area contributed by atoms with E-state index in [0.29, 0.717) is 41.2 Å². The van der Waals surface area contributed by atoms with Crippen molar-refractivity contribution in [2.24, 2.45) is 0 Å². The van der Waals surface area contributed by atoms with Crippen molar-refractivity contribution in [3.05, 3.63) is 78.0 Å². The predicted molar refractivity (Wildman–Crippen MR) is 148 cm³/mol. The lowest BCUT2D eigenvalue weighted by Crippen LogP contribution is -2.44. The summed E-state index contributed by atoms with van der Waals surface area (Å²) in [5, 5.41) is 6.75. The molecule has 0 saturated carbocycles. The molecule has 8 heteroatoms. The van der Waals surface area contributed by atoms with Gasteiger partial charge in [0, 0.05) is 55.7 Å². The largest absolute Gasteiger partial charge is 0.369 e. The number of pyridine rings is 1. The van der Waals surface area contributed by atoms with Gasteiger partial charge in [0.2, 0.25) is 11.9 Å². The molecule has 3 heterocycles. The maximum atomic E-state index is 12.5. The van der Waals surface area contributed by atoms with Crippen LogP contribution in [0.4, 0.5) is 23.1 Å². The number of benzene rings is 2. The molecule has 0 radical (unpaired) electrons. The molecule has 0 aliphatic carbocycles.